The van der Waals surface area contributed by atoms with Crippen LogP contribution in [0.15, 0.2) is 29.5 Å². The first-order valence-corrected chi connectivity index (χ1v) is 8.07. The summed E-state index contributed by atoms with van der Waals surface area (Å²) in [6, 6.07) is 2.59. The van der Waals surface area contributed by atoms with Gasteiger partial charge in [0, 0.05) is 25.1 Å². The molecule has 1 aliphatic carbocycles. The van der Waals surface area contributed by atoms with Crippen LogP contribution in [-0.2, 0) is 13.1 Å². The molecular formula is C16H24N4O. The average Bonchev–Trinajstić information content (AvgIpc) is 3.11. The van der Waals surface area contributed by atoms with Crippen molar-refractivity contribution in [3.05, 3.63) is 40.8 Å². The number of imidazole rings is 1. The maximum absolute atomic E-state index is 12.2. The van der Waals surface area contributed by atoms with E-state index in [-0.39, 0.29) is 5.69 Å². The molecule has 1 aliphatic rings. The molecule has 2 aromatic heterocycles. The molecule has 1 saturated carbocycles. The fourth-order valence-corrected chi connectivity index (χ4v) is 3.17. The molecule has 1 fully saturated rings. The Bertz CT molecular complexity index is 631. The van der Waals surface area contributed by atoms with Crippen molar-refractivity contribution in [3.8, 4) is 0 Å². The zero-order valence-electron chi connectivity index (χ0n) is 12.7. The van der Waals surface area contributed by atoms with Crippen molar-refractivity contribution >= 4 is 0 Å². The lowest BCUT2D eigenvalue weighted by atomic mass is 9.96. The Kier molecular flexibility index (Phi) is 4.27. The van der Waals surface area contributed by atoms with Gasteiger partial charge in [0.05, 0.1) is 18.3 Å². The molecule has 21 heavy (non-hydrogen) atoms. The summed E-state index contributed by atoms with van der Waals surface area (Å²) in [4.78, 5) is 12.2. The second-order valence-electron chi connectivity index (χ2n) is 5.98. The second-order valence-corrected chi connectivity index (χ2v) is 5.98. The van der Waals surface area contributed by atoms with Gasteiger partial charge in [0.1, 0.15) is 0 Å². The van der Waals surface area contributed by atoms with Crippen molar-refractivity contribution in [3.63, 3.8) is 0 Å². The van der Waals surface area contributed by atoms with Crippen LogP contribution < -0.4 is 5.69 Å². The lowest BCUT2D eigenvalue weighted by Gasteiger charge is -2.21. The minimum absolute atomic E-state index is 0.0593. The zero-order chi connectivity index (χ0) is 14.7. The smallest absolute Gasteiger partial charge is 0.299 e. The first-order chi connectivity index (χ1) is 10.3. The van der Waals surface area contributed by atoms with E-state index in [9.17, 15) is 4.79 Å². The van der Waals surface area contributed by atoms with E-state index in [1.54, 1.807) is 9.13 Å². The minimum Gasteiger partial charge on any atom is -0.299 e. The Morgan fingerprint density at radius 1 is 1.14 bits per heavy atom. The van der Waals surface area contributed by atoms with E-state index in [1.165, 1.54) is 32.1 Å². The molecule has 0 spiro atoms. The van der Waals surface area contributed by atoms with Crippen molar-refractivity contribution < 1.29 is 0 Å². The molecule has 5 heteroatoms. The highest BCUT2D eigenvalue weighted by Gasteiger charge is 2.16. The van der Waals surface area contributed by atoms with Gasteiger partial charge in [-0.3, -0.25) is 13.8 Å². The number of rotatable bonds is 5. The van der Waals surface area contributed by atoms with E-state index in [0.717, 1.165) is 18.7 Å². The molecule has 0 atom stereocenters. The van der Waals surface area contributed by atoms with E-state index < -0.39 is 0 Å². The summed E-state index contributed by atoms with van der Waals surface area (Å²) in [5.74, 6) is 0. The Labute approximate surface area is 125 Å². The molecule has 0 amide bonds. The monoisotopic (exact) mass is 288 g/mol. The van der Waals surface area contributed by atoms with Crippen LogP contribution in [0.2, 0.25) is 0 Å². The van der Waals surface area contributed by atoms with Gasteiger partial charge < -0.3 is 0 Å². The summed E-state index contributed by atoms with van der Waals surface area (Å²) in [5, 5.41) is 4.67. The molecule has 0 aromatic carbocycles. The largest absolute Gasteiger partial charge is 0.328 e. The van der Waals surface area contributed by atoms with E-state index in [1.807, 2.05) is 18.5 Å². The van der Waals surface area contributed by atoms with E-state index in [2.05, 4.69) is 22.9 Å². The summed E-state index contributed by atoms with van der Waals surface area (Å²) in [7, 11) is 0. The molecule has 0 radical (unpaired) electrons. The van der Waals surface area contributed by atoms with Gasteiger partial charge >= 0.3 is 5.69 Å². The predicted molar refractivity (Wildman–Crippen MR) is 82.4 cm³/mol. The molecule has 114 valence electrons. The highest BCUT2D eigenvalue weighted by atomic mass is 16.1. The van der Waals surface area contributed by atoms with Gasteiger partial charge in [0.25, 0.3) is 0 Å². The highest BCUT2D eigenvalue weighted by Crippen LogP contribution is 2.27. The summed E-state index contributed by atoms with van der Waals surface area (Å²) in [6.45, 7) is 3.42. The fraction of sp³-hybridized carbons (Fsp3) is 0.625. The van der Waals surface area contributed by atoms with E-state index in [0.29, 0.717) is 12.6 Å². The van der Waals surface area contributed by atoms with Gasteiger partial charge in [0.2, 0.25) is 0 Å². The number of aromatic nitrogens is 4. The zero-order valence-corrected chi connectivity index (χ0v) is 12.7. The highest BCUT2D eigenvalue weighted by molar-refractivity contribution is 5.02. The van der Waals surface area contributed by atoms with Crippen molar-refractivity contribution in [2.24, 2.45) is 0 Å². The summed E-state index contributed by atoms with van der Waals surface area (Å²) in [5.41, 5.74) is 1.03. The first kappa shape index (κ1) is 14.2. The van der Waals surface area contributed by atoms with Gasteiger partial charge in [-0.2, -0.15) is 5.10 Å². The molecule has 0 aliphatic heterocycles. The molecular weight excluding hydrogens is 264 g/mol. The molecule has 0 unspecified atom stereocenters. The maximum Gasteiger partial charge on any atom is 0.328 e. The van der Waals surface area contributed by atoms with Crippen LogP contribution in [0.25, 0.3) is 0 Å². The maximum atomic E-state index is 12.2. The Morgan fingerprint density at radius 3 is 2.67 bits per heavy atom. The third-order valence-electron chi connectivity index (χ3n) is 4.33. The Balaban J connectivity index is 1.70. The van der Waals surface area contributed by atoms with Gasteiger partial charge in [0.15, 0.2) is 0 Å². The van der Waals surface area contributed by atoms with Gasteiger partial charge in [-0.25, -0.2) is 4.79 Å². The SMILES string of the molecule is CCCn1ccn(Cc2ccn(C3CCCCC3)n2)c1=O. The normalized spacial score (nSPS) is 16.4. The molecule has 5 nitrogen and oxygen atoms in total. The van der Waals surface area contributed by atoms with Crippen LogP contribution in [0.4, 0.5) is 0 Å². The van der Waals surface area contributed by atoms with Gasteiger partial charge in [-0.15, -0.1) is 0 Å². The molecule has 2 aromatic rings. The standard InChI is InChI=1S/C16H24N4O/c1-2-9-18-11-12-19(16(18)21)13-14-8-10-20(17-14)15-6-4-3-5-7-15/h8,10-12,15H,2-7,9,13H2,1H3. The summed E-state index contributed by atoms with van der Waals surface area (Å²) in [6.07, 6.45) is 13.2. The van der Waals surface area contributed by atoms with Crippen LogP contribution in [0.5, 0.6) is 0 Å². The average molecular weight is 288 g/mol. The third-order valence-corrected chi connectivity index (χ3v) is 4.33. The summed E-state index contributed by atoms with van der Waals surface area (Å²) < 4.78 is 5.60. The number of hydrogen-bond acceptors (Lipinski definition) is 2. The second kappa shape index (κ2) is 6.33. The summed E-state index contributed by atoms with van der Waals surface area (Å²) >= 11 is 0. The Hall–Kier alpha value is -1.78. The van der Waals surface area contributed by atoms with Crippen molar-refractivity contribution in [2.75, 3.05) is 0 Å². The van der Waals surface area contributed by atoms with E-state index in [4.69, 9.17) is 0 Å². The van der Waals surface area contributed by atoms with Gasteiger partial charge in [-0.05, 0) is 25.3 Å². The molecule has 0 bridgehead atoms. The van der Waals surface area contributed by atoms with Crippen molar-refractivity contribution in [1.82, 2.24) is 18.9 Å². The van der Waals surface area contributed by atoms with Crippen LogP contribution >= 0.6 is 0 Å². The number of aryl methyl sites for hydroxylation is 1. The number of nitrogens with zero attached hydrogens (tertiary/aromatic N) is 4. The minimum atomic E-state index is 0.0593. The van der Waals surface area contributed by atoms with Crippen LogP contribution in [-0.4, -0.2) is 18.9 Å². The Morgan fingerprint density at radius 2 is 1.90 bits per heavy atom. The lowest BCUT2D eigenvalue weighted by molar-refractivity contribution is 0.328. The molecule has 0 saturated heterocycles. The lowest BCUT2D eigenvalue weighted by Crippen LogP contribution is -2.24. The number of hydrogen-bond donors (Lipinski definition) is 0. The molecule has 2 heterocycles. The quantitative estimate of drug-likeness (QED) is 0.849. The topological polar surface area (TPSA) is 44.8 Å². The van der Waals surface area contributed by atoms with Crippen molar-refractivity contribution in [1.29, 1.82) is 0 Å². The molecule has 0 N–H and O–H groups in total. The van der Waals surface area contributed by atoms with E-state index >= 15 is 0 Å². The first-order valence-electron chi connectivity index (χ1n) is 8.07. The van der Waals surface area contributed by atoms with Crippen molar-refractivity contribution in [2.45, 2.75) is 64.6 Å². The van der Waals surface area contributed by atoms with Crippen LogP contribution in [0, 0.1) is 0 Å². The van der Waals surface area contributed by atoms with Gasteiger partial charge in [-0.1, -0.05) is 26.2 Å². The molecule has 3 rings (SSSR count). The third kappa shape index (κ3) is 3.12. The van der Waals surface area contributed by atoms with Crippen LogP contribution in [0.1, 0.15) is 57.2 Å². The fourth-order valence-electron chi connectivity index (χ4n) is 3.17. The predicted octanol–water partition coefficient (Wildman–Crippen LogP) is 2.81. The van der Waals surface area contributed by atoms with Crippen LogP contribution in [0.3, 0.4) is 0 Å².